The second-order valence-electron chi connectivity index (χ2n) is 10.00. The van der Waals surface area contributed by atoms with Crippen LogP contribution in [0.1, 0.15) is 24.3 Å². The van der Waals surface area contributed by atoms with Gasteiger partial charge in [-0.3, -0.25) is 14.6 Å². The third-order valence-corrected chi connectivity index (χ3v) is 7.93. The van der Waals surface area contributed by atoms with Gasteiger partial charge in [0.1, 0.15) is 0 Å². The smallest absolute Gasteiger partial charge is 0.241 e. The van der Waals surface area contributed by atoms with E-state index in [1.54, 1.807) is 18.2 Å². The van der Waals surface area contributed by atoms with Crippen LogP contribution in [0.4, 0.5) is 0 Å². The van der Waals surface area contributed by atoms with Crippen molar-refractivity contribution >= 4 is 29.1 Å². The van der Waals surface area contributed by atoms with Gasteiger partial charge in [-0.05, 0) is 55.3 Å². The molecule has 3 aliphatic heterocycles. The Bertz CT molecular complexity index is 1310. The van der Waals surface area contributed by atoms with Gasteiger partial charge in [0.15, 0.2) is 11.5 Å². The number of hydrogen-bond donors (Lipinski definition) is 0. The SMILES string of the molecule is O=C(C1CCCN(Cc2nc(-c3ccc(Cl)cc3Cl)no2)C1)N1CCN(Cc2ccc3c(c2)OCO3)CC1. The quantitative estimate of drug-likeness (QED) is 0.442. The summed E-state index contributed by atoms with van der Waals surface area (Å²) in [5, 5.41) is 5.12. The highest BCUT2D eigenvalue weighted by molar-refractivity contribution is 6.36. The molecular weight excluding hydrogens is 529 g/mol. The first-order chi connectivity index (χ1) is 18.5. The van der Waals surface area contributed by atoms with Crippen LogP contribution < -0.4 is 9.47 Å². The van der Waals surface area contributed by atoms with E-state index in [1.807, 2.05) is 17.0 Å². The molecule has 0 bridgehead atoms. The van der Waals surface area contributed by atoms with E-state index in [-0.39, 0.29) is 18.6 Å². The summed E-state index contributed by atoms with van der Waals surface area (Å²) in [6, 6.07) is 11.3. The highest BCUT2D eigenvalue weighted by Gasteiger charge is 2.32. The standard InChI is InChI=1S/C27H29Cl2N5O4/c28-20-4-5-21(22(29)13-20)26-30-25(38-31-26)16-33-7-1-2-19(15-33)27(35)34-10-8-32(9-11-34)14-18-3-6-23-24(12-18)37-17-36-23/h3-6,12-13,19H,1-2,7-11,14-17H2. The number of piperidine rings is 1. The molecule has 4 heterocycles. The number of piperazine rings is 1. The molecule has 2 saturated heterocycles. The second-order valence-corrected chi connectivity index (χ2v) is 10.8. The minimum absolute atomic E-state index is 0.0164. The summed E-state index contributed by atoms with van der Waals surface area (Å²) in [5.74, 6) is 2.79. The number of halogens is 2. The highest BCUT2D eigenvalue weighted by Crippen LogP contribution is 2.33. The summed E-state index contributed by atoms with van der Waals surface area (Å²) in [6.45, 7) is 6.41. The van der Waals surface area contributed by atoms with Gasteiger partial charge in [0.2, 0.25) is 24.4 Å². The zero-order valence-corrected chi connectivity index (χ0v) is 22.5. The molecule has 0 aliphatic carbocycles. The predicted octanol–water partition coefficient (Wildman–Crippen LogP) is 4.33. The molecule has 2 fully saturated rings. The van der Waals surface area contributed by atoms with E-state index in [0.717, 1.165) is 63.6 Å². The first-order valence-electron chi connectivity index (χ1n) is 12.9. The number of nitrogens with zero attached hydrogens (tertiary/aromatic N) is 5. The molecule has 11 heteroatoms. The van der Waals surface area contributed by atoms with Gasteiger partial charge in [0, 0.05) is 49.9 Å². The van der Waals surface area contributed by atoms with Gasteiger partial charge < -0.3 is 18.9 Å². The van der Waals surface area contributed by atoms with Gasteiger partial charge in [-0.15, -0.1) is 0 Å². The first-order valence-corrected chi connectivity index (χ1v) is 13.7. The molecule has 3 aliphatic rings. The molecule has 9 nitrogen and oxygen atoms in total. The molecule has 6 rings (SSSR count). The van der Waals surface area contributed by atoms with Crippen LogP contribution in [0.15, 0.2) is 40.9 Å². The van der Waals surface area contributed by atoms with E-state index in [2.05, 4.69) is 26.0 Å². The summed E-state index contributed by atoms with van der Waals surface area (Å²) in [6.07, 6.45) is 1.87. The van der Waals surface area contributed by atoms with E-state index < -0.39 is 0 Å². The molecule has 1 atom stereocenters. The third kappa shape index (κ3) is 5.61. The van der Waals surface area contributed by atoms with Crippen LogP contribution in [0, 0.1) is 5.92 Å². The average molecular weight is 558 g/mol. The number of likely N-dealkylation sites (tertiary alicyclic amines) is 1. The molecule has 0 saturated carbocycles. The molecule has 0 spiro atoms. The summed E-state index contributed by atoms with van der Waals surface area (Å²) < 4.78 is 16.4. The van der Waals surface area contributed by atoms with E-state index >= 15 is 0 Å². The van der Waals surface area contributed by atoms with Crippen LogP contribution in [0.3, 0.4) is 0 Å². The second kappa shape index (κ2) is 11.1. The van der Waals surface area contributed by atoms with Crippen LogP contribution >= 0.6 is 23.2 Å². The molecule has 200 valence electrons. The van der Waals surface area contributed by atoms with Gasteiger partial charge >= 0.3 is 0 Å². The molecule has 0 radical (unpaired) electrons. The topological polar surface area (TPSA) is 84.2 Å². The van der Waals surface area contributed by atoms with E-state index in [0.29, 0.717) is 40.4 Å². The summed E-state index contributed by atoms with van der Waals surface area (Å²) in [4.78, 5) is 24.5. The fraction of sp³-hybridized carbons (Fsp3) is 0.444. The van der Waals surface area contributed by atoms with E-state index in [4.69, 9.17) is 37.2 Å². The monoisotopic (exact) mass is 557 g/mol. The maximum Gasteiger partial charge on any atom is 0.241 e. The lowest BCUT2D eigenvalue weighted by Crippen LogP contribution is -2.52. The predicted molar refractivity (Wildman–Crippen MR) is 142 cm³/mol. The summed E-state index contributed by atoms with van der Waals surface area (Å²) >= 11 is 12.3. The lowest BCUT2D eigenvalue weighted by atomic mass is 9.96. The van der Waals surface area contributed by atoms with Gasteiger partial charge in [0.05, 0.1) is 17.5 Å². The molecule has 38 heavy (non-hydrogen) atoms. The molecule has 1 amide bonds. The number of amides is 1. The Morgan fingerprint density at radius 1 is 0.947 bits per heavy atom. The number of carbonyl (C=O) groups excluding carboxylic acids is 1. The van der Waals surface area contributed by atoms with Crippen LogP contribution in [0.2, 0.25) is 10.0 Å². The lowest BCUT2D eigenvalue weighted by molar-refractivity contribution is -0.139. The lowest BCUT2D eigenvalue weighted by Gasteiger charge is -2.38. The van der Waals surface area contributed by atoms with Crippen LogP contribution in [0.5, 0.6) is 11.5 Å². The zero-order chi connectivity index (χ0) is 26.1. The highest BCUT2D eigenvalue weighted by atomic mass is 35.5. The normalized spacial score (nSPS) is 20.2. The number of hydrogen-bond acceptors (Lipinski definition) is 8. The number of ether oxygens (including phenoxy) is 2. The number of fused-ring (bicyclic) bond motifs is 1. The molecule has 0 N–H and O–H groups in total. The minimum atomic E-state index is -0.0164. The average Bonchev–Trinajstić information content (AvgIpc) is 3.58. The maximum atomic E-state index is 13.4. The van der Waals surface area contributed by atoms with Crippen molar-refractivity contribution in [2.24, 2.45) is 5.92 Å². The maximum absolute atomic E-state index is 13.4. The molecular formula is C27H29Cl2N5O4. The first kappa shape index (κ1) is 25.4. The fourth-order valence-electron chi connectivity index (χ4n) is 5.37. The molecule has 1 unspecified atom stereocenters. The zero-order valence-electron chi connectivity index (χ0n) is 20.9. The minimum Gasteiger partial charge on any atom is -0.454 e. The van der Waals surface area contributed by atoms with Gasteiger partial charge in [0.25, 0.3) is 0 Å². The van der Waals surface area contributed by atoms with Crippen molar-refractivity contribution in [3.63, 3.8) is 0 Å². The third-order valence-electron chi connectivity index (χ3n) is 7.38. The van der Waals surface area contributed by atoms with E-state index in [9.17, 15) is 4.79 Å². The van der Waals surface area contributed by atoms with Gasteiger partial charge in [-0.1, -0.05) is 34.4 Å². The van der Waals surface area contributed by atoms with Crippen molar-refractivity contribution in [2.75, 3.05) is 46.1 Å². The van der Waals surface area contributed by atoms with Crippen LogP contribution in [0.25, 0.3) is 11.4 Å². The van der Waals surface area contributed by atoms with E-state index in [1.165, 1.54) is 5.56 Å². The Morgan fingerprint density at radius 3 is 2.63 bits per heavy atom. The van der Waals surface area contributed by atoms with Gasteiger partial charge in [-0.25, -0.2) is 0 Å². The molecule has 3 aromatic rings. The largest absolute Gasteiger partial charge is 0.454 e. The number of aromatic nitrogens is 2. The number of carbonyl (C=O) groups is 1. The fourth-order valence-corrected chi connectivity index (χ4v) is 5.87. The van der Waals surface area contributed by atoms with Crippen molar-refractivity contribution < 1.29 is 18.8 Å². The number of benzene rings is 2. The van der Waals surface area contributed by atoms with Crippen molar-refractivity contribution in [2.45, 2.75) is 25.9 Å². The molecule has 2 aromatic carbocycles. The Morgan fingerprint density at radius 2 is 1.79 bits per heavy atom. The van der Waals surface area contributed by atoms with Crippen molar-refractivity contribution in [3.05, 3.63) is 57.9 Å². The van der Waals surface area contributed by atoms with Crippen molar-refractivity contribution in [1.82, 2.24) is 24.8 Å². The Balaban J connectivity index is 1.00. The van der Waals surface area contributed by atoms with Crippen molar-refractivity contribution in [3.8, 4) is 22.9 Å². The van der Waals surface area contributed by atoms with Crippen LogP contribution in [-0.2, 0) is 17.9 Å². The number of rotatable bonds is 6. The van der Waals surface area contributed by atoms with Crippen LogP contribution in [-0.4, -0.2) is 76.8 Å². The Hall–Kier alpha value is -2.85. The summed E-state index contributed by atoms with van der Waals surface area (Å²) in [7, 11) is 0. The van der Waals surface area contributed by atoms with Gasteiger partial charge in [-0.2, -0.15) is 4.98 Å². The summed E-state index contributed by atoms with van der Waals surface area (Å²) in [5.41, 5.74) is 1.87. The molecule has 1 aromatic heterocycles. The Kier molecular flexibility index (Phi) is 7.43. The Labute approximate surface area is 231 Å². The van der Waals surface area contributed by atoms with Crippen molar-refractivity contribution in [1.29, 1.82) is 0 Å².